The van der Waals surface area contributed by atoms with Crippen molar-refractivity contribution in [3.8, 4) is 0 Å². The Balaban J connectivity index is 1.92. The fourth-order valence-corrected chi connectivity index (χ4v) is 2.62. The lowest BCUT2D eigenvalue weighted by Crippen LogP contribution is -2.23. The van der Waals surface area contributed by atoms with E-state index in [0.717, 1.165) is 24.6 Å². The predicted octanol–water partition coefficient (Wildman–Crippen LogP) is 1.44. The van der Waals surface area contributed by atoms with E-state index in [1.807, 2.05) is 0 Å². The van der Waals surface area contributed by atoms with E-state index in [9.17, 15) is 4.79 Å². The SMILES string of the molecule is CCOC(=O)c1csc(NC2CCN(C)C2)n1. The van der Waals surface area contributed by atoms with Crippen molar-refractivity contribution in [3.63, 3.8) is 0 Å². The molecule has 0 aliphatic carbocycles. The van der Waals surface area contributed by atoms with E-state index in [0.29, 0.717) is 18.3 Å². The highest BCUT2D eigenvalue weighted by atomic mass is 32.1. The number of carbonyl (C=O) groups is 1. The number of ether oxygens (including phenoxy) is 1. The second-order valence-corrected chi connectivity index (χ2v) is 5.01. The topological polar surface area (TPSA) is 54.5 Å². The lowest BCUT2D eigenvalue weighted by Gasteiger charge is -2.11. The monoisotopic (exact) mass is 255 g/mol. The molecule has 1 atom stereocenters. The van der Waals surface area contributed by atoms with Crippen LogP contribution in [-0.4, -0.2) is 48.6 Å². The molecule has 1 fully saturated rings. The molecule has 0 saturated carbocycles. The number of anilines is 1. The highest BCUT2D eigenvalue weighted by Gasteiger charge is 2.20. The second-order valence-electron chi connectivity index (χ2n) is 4.15. The van der Waals surface area contributed by atoms with E-state index < -0.39 is 0 Å². The van der Waals surface area contributed by atoms with Crippen LogP contribution in [0.5, 0.6) is 0 Å². The maximum Gasteiger partial charge on any atom is 0.357 e. The number of likely N-dealkylation sites (tertiary alicyclic amines) is 1. The number of thiazole rings is 1. The fraction of sp³-hybridized carbons (Fsp3) is 0.636. The molecule has 1 aromatic heterocycles. The van der Waals surface area contributed by atoms with Gasteiger partial charge in [0.05, 0.1) is 6.61 Å². The number of rotatable bonds is 4. The van der Waals surface area contributed by atoms with Crippen LogP contribution >= 0.6 is 11.3 Å². The number of nitrogens with one attached hydrogen (secondary N) is 1. The first kappa shape index (κ1) is 12.3. The molecule has 1 aliphatic rings. The van der Waals surface area contributed by atoms with Crippen LogP contribution in [0.4, 0.5) is 5.13 Å². The van der Waals surface area contributed by atoms with Gasteiger partial charge in [-0.25, -0.2) is 9.78 Å². The van der Waals surface area contributed by atoms with Gasteiger partial charge in [-0.05, 0) is 26.9 Å². The summed E-state index contributed by atoms with van der Waals surface area (Å²) in [7, 11) is 2.10. The van der Waals surface area contributed by atoms with Crippen molar-refractivity contribution < 1.29 is 9.53 Å². The summed E-state index contributed by atoms with van der Waals surface area (Å²) < 4.78 is 4.90. The highest BCUT2D eigenvalue weighted by Crippen LogP contribution is 2.19. The standard InChI is InChI=1S/C11H17N3O2S/c1-3-16-10(15)9-7-17-11(13-9)12-8-4-5-14(2)6-8/h7-8H,3-6H2,1-2H3,(H,12,13). The first-order valence-corrected chi connectivity index (χ1v) is 6.64. The van der Waals surface area contributed by atoms with E-state index in [1.54, 1.807) is 12.3 Å². The van der Waals surface area contributed by atoms with E-state index in [1.165, 1.54) is 11.3 Å². The third-order valence-corrected chi connectivity index (χ3v) is 3.48. The molecular weight excluding hydrogens is 238 g/mol. The van der Waals surface area contributed by atoms with E-state index in [2.05, 4.69) is 22.2 Å². The molecule has 1 saturated heterocycles. The third-order valence-electron chi connectivity index (χ3n) is 2.71. The smallest absolute Gasteiger partial charge is 0.357 e. The minimum Gasteiger partial charge on any atom is -0.461 e. The first-order chi connectivity index (χ1) is 8.19. The Bertz CT molecular complexity index is 394. The van der Waals surface area contributed by atoms with Crippen molar-refractivity contribution in [1.82, 2.24) is 9.88 Å². The largest absolute Gasteiger partial charge is 0.461 e. The quantitative estimate of drug-likeness (QED) is 0.825. The average Bonchev–Trinajstić information content (AvgIpc) is 2.89. The Kier molecular flexibility index (Phi) is 3.96. The molecule has 0 spiro atoms. The zero-order chi connectivity index (χ0) is 12.3. The van der Waals surface area contributed by atoms with Crippen molar-refractivity contribution in [1.29, 1.82) is 0 Å². The highest BCUT2D eigenvalue weighted by molar-refractivity contribution is 7.13. The minimum atomic E-state index is -0.347. The van der Waals surface area contributed by atoms with Crippen LogP contribution in [0.1, 0.15) is 23.8 Å². The molecule has 1 N–H and O–H groups in total. The Morgan fingerprint density at radius 3 is 3.24 bits per heavy atom. The minimum absolute atomic E-state index is 0.347. The van der Waals surface area contributed by atoms with Crippen LogP contribution in [0, 0.1) is 0 Å². The summed E-state index contributed by atoms with van der Waals surface area (Å²) >= 11 is 1.45. The van der Waals surface area contributed by atoms with Crippen LogP contribution in [-0.2, 0) is 4.74 Å². The van der Waals surface area contributed by atoms with Gasteiger partial charge in [0.2, 0.25) is 0 Å². The van der Waals surface area contributed by atoms with Crippen molar-refractivity contribution in [2.45, 2.75) is 19.4 Å². The van der Waals surface area contributed by atoms with Gasteiger partial charge >= 0.3 is 5.97 Å². The molecule has 2 heterocycles. The molecule has 6 heteroatoms. The summed E-state index contributed by atoms with van der Waals surface area (Å²) in [6.45, 7) is 4.30. The Morgan fingerprint density at radius 1 is 1.76 bits per heavy atom. The van der Waals surface area contributed by atoms with Gasteiger partial charge in [-0.15, -0.1) is 11.3 Å². The molecule has 17 heavy (non-hydrogen) atoms. The number of esters is 1. The van der Waals surface area contributed by atoms with Gasteiger partial charge in [0.25, 0.3) is 0 Å². The van der Waals surface area contributed by atoms with Crippen molar-refractivity contribution in [3.05, 3.63) is 11.1 Å². The molecular formula is C11H17N3O2S. The number of hydrogen-bond donors (Lipinski definition) is 1. The van der Waals surface area contributed by atoms with Crippen molar-refractivity contribution in [2.24, 2.45) is 0 Å². The normalized spacial score (nSPS) is 20.5. The molecule has 5 nitrogen and oxygen atoms in total. The summed E-state index contributed by atoms with van der Waals surface area (Å²) in [5.41, 5.74) is 0.394. The summed E-state index contributed by atoms with van der Waals surface area (Å²) in [6, 6.07) is 0.432. The third kappa shape index (κ3) is 3.17. The van der Waals surface area contributed by atoms with Crippen molar-refractivity contribution >= 4 is 22.4 Å². The summed E-state index contributed by atoms with van der Waals surface area (Å²) in [5, 5.41) is 5.88. The zero-order valence-corrected chi connectivity index (χ0v) is 10.9. The Hall–Kier alpha value is -1.14. The van der Waals surface area contributed by atoms with Gasteiger partial charge in [-0.1, -0.05) is 0 Å². The zero-order valence-electron chi connectivity index (χ0n) is 10.1. The van der Waals surface area contributed by atoms with Gasteiger partial charge in [0, 0.05) is 18.0 Å². The van der Waals surface area contributed by atoms with Gasteiger partial charge in [-0.3, -0.25) is 0 Å². The van der Waals surface area contributed by atoms with Gasteiger partial charge < -0.3 is 15.0 Å². The number of likely N-dealkylation sites (N-methyl/N-ethyl adjacent to an activating group) is 1. The van der Waals surface area contributed by atoms with Gasteiger partial charge in [-0.2, -0.15) is 0 Å². The lowest BCUT2D eigenvalue weighted by molar-refractivity contribution is 0.0520. The average molecular weight is 255 g/mol. The molecule has 0 amide bonds. The van der Waals surface area contributed by atoms with Crippen LogP contribution in [0.3, 0.4) is 0 Å². The maximum atomic E-state index is 11.4. The number of nitrogens with zero attached hydrogens (tertiary/aromatic N) is 2. The number of hydrogen-bond acceptors (Lipinski definition) is 6. The van der Waals surface area contributed by atoms with E-state index in [4.69, 9.17) is 4.74 Å². The number of carbonyl (C=O) groups excluding carboxylic acids is 1. The Morgan fingerprint density at radius 2 is 2.59 bits per heavy atom. The molecule has 0 bridgehead atoms. The molecule has 0 aromatic carbocycles. The summed E-state index contributed by atoms with van der Waals surface area (Å²) in [6.07, 6.45) is 1.12. The number of aromatic nitrogens is 1. The first-order valence-electron chi connectivity index (χ1n) is 5.76. The molecule has 2 rings (SSSR count). The molecule has 1 unspecified atom stereocenters. The second kappa shape index (κ2) is 5.46. The van der Waals surface area contributed by atoms with Gasteiger partial charge in [0.1, 0.15) is 0 Å². The fourth-order valence-electron chi connectivity index (χ4n) is 1.87. The van der Waals surface area contributed by atoms with Crippen molar-refractivity contribution in [2.75, 3.05) is 32.1 Å². The maximum absolute atomic E-state index is 11.4. The summed E-state index contributed by atoms with van der Waals surface area (Å²) in [4.78, 5) is 17.9. The lowest BCUT2D eigenvalue weighted by atomic mass is 10.3. The van der Waals surface area contributed by atoms with Crippen LogP contribution in [0.25, 0.3) is 0 Å². The molecule has 0 radical (unpaired) electrons. The van der Waals surface area contributed by atoms with Crippen LogP contribution < -0.4 is 5.32 Å². The van der Waals surface area contributed by atoms with E-state index in [-0.39, 0.29) is 5.97 Å². The molecule has 1 aliphatic heterocycles. The summed E-state index contributed by atoms with van der Waals surface area (Å²) in [5.74, 6) is -0.347. The van der Waals surface area contributed by atoms with E-state index >= 15 is 0 Å². The van der Waals surface area contributed by atoms with Gasteiger partial charge in [0.15, 0.2) is 10.8 Å². The predicted molar refractivity (Wildman–Crippen MR) is 67.6 cm³/mol. The molecule has 1 aromatic rings. The Labute approximate surface area is 105 Å². The van der Waals surface area contributed by atoms with Crippen LogP contribution in [0.15, 0.2) is 5.38 Å². The molecule has 94 valence electrons. The van der Waals surface area contributed by atoms with Crippen LogP contribution in [0.2, 0.25) is 0 Å².